The standard InChI is InChI=1S/C21H16F3N5O3S/c22-21(23,24)15-8-12(13-5-3-7-32-13)27-18-11(9-26-29(15)18)19(31)28-20-16(17(25)30)10-4-1-2-6-14(10)33-20/h3,5,7-9H,1-2,4,6H2,(H2,25,30)(H,28,31). The van der Waals surface area contributed by atoms with Crippen LogP contribution in [0.5, 0.6) is 0 Å². The largest absolute Gasteiger partial charge is 0.463 e. The van der Waals surface area contributed by atoms with Crippen LogP contribution >= 0.6 is 11.3 Å². The molecule has 1 aliphatic carbocycles. The fourth-order valence-electron chi connectivity index (χ4n) is 3.96. The summed E-state index contributed by atoms with van der Waals surface area (Å²) in [6.07, 6.45) is 0.889. The van der Waals surface area contributed by atoms with E-state index in [1.807, 2.05) is 0 Å². The number of alkyl halides is 3. The van der Waals surface area contributed by atoms with Gasteiger partial charge in [0.2, 0.25) is 0 Å². The van der Waals surface area contributed by atoms with Crippen LogP contribution < -0.4 is 11.1 Å². The third-order valence-corrected chi connectivity index (χ3v) is 6.63. The zero-order valence-electron chi connectivity index (χ0n) is 16.9. The first kappa shape index (κ1) is 21.2. The monoisotopic (exact) mass is 475 g/mol. The van der Waals surface area contributed by atoms with Crippen LogP contribution in [0.3, 0.4) is 0 Å². The van der Waals surface area contributed by atoms with Crippen molar-refractivity contribution in [2.45, 2.75) is 31.9 Å². The molecular weight excluding hydrogens is 459 g/mol. The van der Waals surface area contributed by atoms with Crippen LogP contribution in [-0.2, 0) is 19.0 Å². The number of rotatable bonds is 4. The van der Waals surface area contributed by atoms with E-state index in [-0.39, 0.29) is 33.2 Å². The van der Waals surface area contributed by atoms with Gasteiger partial charge in [-0.2, -0.15) is 18.3 Å². The van der Waals surface area contributed by atoms with Gasteiger partial charge in [0, 0.05) is 4.88 Å². The Bertz CT molecular complexity index is 1390. The van der Waals surface area contributed by atoms with Crippen molar-refractivity contribution in [1.29, 1.82) is 0 Å². The van der Waals surface area contributed by atoms with Gasteiger partial charge in [0.15, 0.2) is 17.1 Å². The van der Waals surface area contributed by atoms with Crippen molar-refractivity contribution in [3.8, 4) is 11.5 Å². The molecule has 0 fully saturated rings. The number of anilines is 1. The second kappa shape index (κ2) is 7.73. The summed E-state index contributed by atoms with van der Waals surface area (Å²) in [6, 6.07) is 3.78. The Hall–Kier alpha value is -3.67. The number of thiophene rings is 1. The molecule has 0 radical (unpaired) electrons. The van der Waals surface area contributed by atoms with E-state index in [0.29, 0.717) is 10.9 Å². The molecule has 5 rings (SSSR count). The summed E-state index contributed by atoms with van der Waals surface area (Å²) in [4.78, 5) is 30.3. The molecule has 8 nitrogen and oxygen atoms in total. The molecule has 0 saturated heterocycles. The normalized spacial score (nSPS) is 13.8. The average molecular weight is 475 g/mol. The number of halogens is 3. The molecule has 4 aromatic rings. The molecule has 0 atom stereocenters. The zero-order valence-corrected chi connectivity index (χ0v) is 17.7. The number of fused-ring (bicyclic) bond motifs is 2. The van der Waals surface area contributed by atoms with Crippen LogP contribution in [-0.4, -0.2) is 26.4 Å². The van der Waals surface area contributed by atoms with Crippen LogP contribution in [0.2, 0.25) is 0 Å². The number of aromatic nitrogens is 3. The quantitative estimate of drug-likeness (QED) is 0.457. The van der Waals surface area contributed by atoms with Gasteiger partial charge in [0.25, 0.3) is 11.8 Å². The van der Waals surface area contributed by atoms with Gasteiger partial charge in [-0.3, -0.25) is 9.59 Å². The van der Waals surface area contributed by atoms with Crippen molar-refractivity contribution >= 4 is 33.8 Å². The van der Waals surface area contributed by atoms with Crippen LogP contribution in [0.15, 0.2) is 35.1 Å². The molecule has 33 heavy (non-hydrogen) atoms. The molecule has 0 bridgehead atoms. The summed E-state index contributed by atoms with van der Waals surface area (Å²) in [5.74, 6) is -1.30. The molecule has 0 aromatic carbocycles. The Morgan fingerprint density at radius 2 is 2.03 bits per heavy atom. The Morgan fingerprint density at radius 3 is 2.73 bits per heavy atom. The number of aryl methyl sites for hydroxylation is 1. The highest BCUT2D eigenvalue weighted by atomic mass is 32.1. The van der Waals surface area contributed by atoms with Gasteiger partial charge < -0.3 is 15.5 Å². The third kappa shape index (κ3) is 3.65. The molecule has 0 saturated carbocycles. The van der Waals surface area contributed by atoms with E-state index in [0.717, 1.165) is 42.0 Å². The van der Waals surface area contributed by atoms with E-state index in [2.05, 4.69) is 15.4 Å². The van der Waals surface area contributed by atoms with Gasteiger partial charge in [-0.1, -0.05) is 0 Å². The van der Waals surface area contributed by atoms with Crippen molar-refractivity contribution in [3.05, 3.63) is 57.9 Å². The number of nitrogens with two attached hydrogens (primary N) is 1. The molecule has 170 valence electrons. The molecule has 4 heterocycles. The molecule has 4 aromatic heterocycles. The summed E-state index contributed by atoms with van der Waals surface area (Å²) in [5.41, 5.74) is 4.95. The van der Waals surface area contributed by atoms with Crippen LogP contribution in [0, 0.1) is 0 Å². The molecule has 12 heteroatoms. The van der Waals surface area contributed by atoms with Gasteiger partial charge in [0.05, 0.1) is 18.0 Å². The maximum absolute atomic E-state index is 13.7. The topological polar surface area (TPSA) is 116 Å². The number of carbonyl (C=O) groups is 2. The summed E-state index contributed by atoms with van der Waals surface area (Å²) in [7, 11) is 0. The number of nitrogens with one attached hydrogen (secondary N) is 1. The smallest absolute Gasteiger partial charge is 0.433 e. The fourth-order valence-corrected chi connectivity index (χ4v) is 5.25. The van der Waals surface area contributed by atoms with Crippen molar-refractivity contribution < 1.29 is 27.2 Å². The lowest BCUT2D eigenvalue weighted by atomic mass is 9.95. The lowest BCUT2D eigenvalue weighted by molar-refractivity contribution is -0.142. The highest BCUT2D eigenvalue weighted by molar-refractivity contribution is 7.17. The molecule has 1 aliphatic rings. The molecular formula is C21H16F3N5O3S. The molecule has 0 spiro atoms. The Labute approximate surface area is 188 Å². The first-order valence-corrected chi connectivity index (χ1v) is 10.8. The van der Waals surface area contributed by atoms with Crippen LogP contribution in [0.25, 0.3) is 17.1 Å². The van der Waals surface area contributed by atoms with Crippen LogP contribution in [0.4, 0.5) is 18.2 Å². The van der Waals surface area contributed by atoms with Gasteiger partial charge in [-0.05, 0) is 49.4 Å². The number of furan rings is 1. The van der Waals surface area contributed by atoms with Crippen molar-refractivity contribution in [2.75, 3.05) is 5.32 Å². The maximum atomic E-state index is 13.7. The van der Waals surface area contributed by atoms with Crippen LogP contribution in [0.1, 0.15) is 49.7 Å². The van der Waals surface area contributed by atoms with Crippen molar-refractivity contribution in [2.24, 2.45) is 5.73 Å². The Morgan fingerprint density at radius 1 is 1.24 bits per heavy atom. The maximum Gasteiger partial charge on any atom is 0.433 e. The van der Waals surface area contributed by atoms with Gasteiger partial charge in [-0.15, -0.1) is 11.3 Å². The molecule has 2 amide bonds. The SMILES string of the molecule is NC(=O)c1c(NC(=O)c2cnn3c(C(F)(F)F)cc(-c4ccco4)nc23)sc2c1CCCC2. The summed E-state index contributed by atoms with van der Waals surface area (Å²) in [6.45, 7) is 0. The summed E-state index contributed by atoms with van der Waals surface area (Å²) >= 11 is 1.25. The second-order valence-corrected chi connectivity index (χ2v) is 8.63. The van der Waals surface area contributed by atoms with Crippen molar-refractivity contribution in [1.82, 2.24) is 14.6 Å². The minimum atomic E-state index is -4.76. The highest BCUT2D eigenvalue weighted by Crippen LogP contribution is 2.38. The van der Waals surface area contributed by atoms with Gasteiger partial charge >= 0.3 is 6.18 Å². The highest BCUT2D eigenvalue weighted by Gasteiger charge is 2.36. The van der Waals surface area contributed by atoms with E-state index < -0.39 is 23.7 Å². The van der Waals surface area contributed by atoms with E-state index in [9.17, 15) is 22.8 Å². The first-order chi connectivity index (χ1) is 15.7. The number of hydrogen-bond donors (Lipinski definition) is 2. The summed E-state index contributed by atoms with van der Waals surface area (Å²) in [5, 5.41) is 6.66. The first-order valence-electron chi connectivity index (χ1n) is 9.99. The number of amides is 2. The zero-order chi connectivity index (χ0) is 23.3. The van der Waals surface area contributed by atoms with E-state index in [4.69, 9.17) is 10.2 Å². The van der Waals surface area contributed by atoms with E-state index in [1.165, 1.54) is 29.7 Å². The fraction of sp³-hybridized carbons (Fsp3) is 0.238. The minimum absolute atomic E-state index is 0.0983. The number of carbonyl (C=O) groups excluding carboxylic acids is 2. The lowest BCUT2D eigenvalue weighted by Crippen LogP contribution is -2.19. The Balaban J connectivity index is 1.60. The number of primary amides is 1. The minimum Gasteiger partial charge on any atom is -0.463 e. The summed E-state index contributed by atoms with van der Waals surface area (Å²) < 4.78 is 46.9. The lowest BCUT2D eigenvalue weighted by Gasteiger charge is -2.11. The van der Waals surface area contributed by atoms with Crippen molar-refractivity contribution in [3.63, 3.8) is 0 Å². The van der Waals surface area contributed by atoms with Gasteiger partial charge in [0.1, 0.15) is 16.3 Å². The van der Waals surface area contributed by atoms with Gasteiger partial charge in [-0.25, -0.2) is 9.50 Å². The molecule has 0 aliphatic heterocycles. The second-order valence-electron chi connectivity index (χ2n) is 7.53. The third-order valence-electron chi connectivity index (χ3n) is 5.43. The molecule has 3 N–H and O–H groups in total. The average Bonchev–Trinajstić information content (AvgIpc) is 3.49. The predicted octanol–water partition coefficient (Wildman–Crippen LogP) is 4.30. The predicted molar refractivity (Wildman–Crippen MR) is 113 cm³/mol. The Kier molecular flexibility index (Phi) is 4.96. The number of hydrogen-bond acceptors (Lipinski definition) is 6. The molecule has 0 unspecified atom stereocenters. The van der Waals surface area contributed by atoms with E-state index in [1.54, 1.807) is 0 Å². The van der Waals surface area contributed by atoms with E-state index >= 15 is 0 Å². The number of nitrogens with zero attached hydrogens (tertiary/aromatic N) is 3.